The Balaban J connectivity index is 0. The van der Waals surface area contributed by atoms with Gasteiger partial charge in [0.25, 0.3) is 0 Å². The number of nitrogens with zero attached hydrogens (tertiary/aromatic N) is 2. The van der Waals surface area contributed by atoms with Crippen molar-refractivity contribution in [3.63, 3.8) is 0 Å². The van der Waals surface area contributed by atoms with Gasteiger partial charge in [0.05, 0.1) is 25.3 Å². The van der Waals surface area contributed by atoms with Gasteiger partial charge in [0, 0.05) is 6.20 Å². The third kappa shape index (κ3) is 6.02. The molecule has 0 N–H and O–H groups in total. The molecule has 0 aliphatic carbocycles. The Labute approximate surface area is 99.1 Å². The van der Waals surface area contributed by atoms with Gasteiger partial charge in [-0.3, -0.25) is 4.98 Å². The molecule has 3 nitrogen and oxygen atoms in total. The first-order valence-corrected chi connectivity index (χ1v) is 5.64. The van der Waals surface area contributed by atoms with Crippen LogP contribution in [0.4, 0.5) is 0 Å². The number of nitriles is 1. The molecule has 1 rings (SSSR count). The molecule has 3 heteroatoms. The number of aromatic nitrogens is 1. The smallest absolute Gasteiger partial charge is 0.140 e. The number of rotatable bonds is 2. The fourth-order valence-electron chi connectivity index (χ4n) is 0.948. The fraction of sp³-hybridized carbons (Fsp3) is 0.538. The molecule has 1 heterocycles. The van der Waals surface area contributed by atoms with Gasteiger partial charge in [0.2, 0.25) is 0 Å². The molecule has 1 aromatic heterocycles. The van der Waals surface area contributed by atoms with E-state index in [2.05, 4.69) is 11.1 Å². The lowest BCUT2D eigenvalue weighted by molar-refractivity contribution is 0.408. The Morgan fingerprint density at radius 1 is 1.31 bits per heavy atom. The molecule has 0 aromatic carbocycles. The van der Waals surface area contributed by atoms with Crippen LogP contribution in [0.2, 0.25) is 0 Å². The summed E-state index contributed by atoms with van der Waals surface area (Å²) in [6.45, 7) is 9.87. The van der Waals surface area contributed by atoms with Gasteiger partial charge in [-0.25, -0.2) is 0 Å². The molecular weight excluding hydrogens is 200 g/mol. The first-order valence-electron chi connectivity index (χ1n) is 5.64. The molecule has 0 aliphatic heterocycles. The lowest BCUT2D eigenvalue weighted by Gasteiger charge is -2.03. The second-order valence-electron chi connectivity index (χ2n) is 2.47. The van der Waals surface area contributed by atoms with Gasteiger partial charge in [-0.1, -0.05) is 27.7 Å². The topological polar surface area (TPSA) is 45.9 Å². The van der Waals surface area contributed by atoms with Gasteiger partial charge in [-0.05, 0) is 18.6 Å². The summed E-state index contributed by atoms with van der Waals surface area (Å²) in [4.78, 5) is 4.09. The van der Waals surface area contributed by atoms with Crippen LogP contribution in [0, 0.1) is 18.3 Å². The summed E-state index contributed by atoms with van der Waals surface area (Å²) in [5.41, 5.74) is 1.74. The first kappa shape index (κ1) is 16.9. The predicted octanol–water partition coefficient (Wildman–Crippen LogP) is 3.52. The molecule has 0 saturated carbocycles. The number of hydrogen-bond acceptors (Lipinski definition) is 3. The van der Waals surface area contributed by atoms with Crippen molar-refractivity contribution in [1.82, 2.24) is 4.98 Å². The third-order valence-corrected chi connectivity index (χ3v) is 1.60. The highest BCUT2D eigenvalue weighted by Crippen LogP contribution is 2.16. The van der Waals surface area contributed by atoms with Gasteiger partial charge < -0.3 is 4.74 Å². The van der Waals surface area contributed by atoms with Crippen molar-refractivity contribution in [1.29, 1.82) is 5.26 Å². The van der Waals surface area contributed by atoms with E-state index in [0.29, 0.717) is 6.42 Å². The van der Waals surface area contributed by atoms with Crippen molar-refractivity contribution < 1.29 is 4.74 Å². The molecule has 0 spiro atoms. The fourth-order valence-corrected chi connectivity index (χ4v) is 0.948. The van der Waals surface area contributed by atoms with Crippen molar-refractivity contribution in [2.45, 2.75) is 41.0 Å². The summed E-state index contributed by atoms with van der Waals surface area (Å²) in [5.74, 6) is 0.739. The van der Waals surface area contributed by atoms with Crippen LogP contribution in [0.5, 0.6) is 5.75 Å². The van der Waals surface area contributed by atoms with E-state index in [1.54, 1.807) is 13.3 Å². The van der Waals surface area contributed by atoms with E-state index >= 15 is 0 Å². The molecule has 0 fully saturated rings. The minimum atomic E-state index is 0.379. The van der Waals surface area contributed by atoms with Crippen molar-refractivity contribution in [3.8, 4) is 11.8 Å². The second kappa shape index (κ2) is 11.5. The lowest BCUT2D eigenvalue weighted by atomic mass is 10.2. The third-order valence-electron chi connectivity index (χ3n) is 1.60. The van der Waals surface area contributed by atoms with Crippen LogP contribution in [0.1, 0.15) is 39.0 Å². The Hall–Kier alpha value is -1.56. The Kier molecular flexibility index (Phi) is 12.1. The minimum absolute atomic E-state index is 0.379. The highest BCUT2D eigenvalue weighted by Gasteiger charge is 2.00. The van der Waals surface area contributed by atoms with E-state index in [1.165, 1.54) is 0 Å². The average molecular weight is 222 g/mol. The average Bonchev–Trinajstić information content (AvgIpc) is 2.37. The van der Waals surface area contributed by atoms with Gasteiger partial charge in [0.15, 0.2) is 0 Å². The van der Waals surface area contributed by atoms with Gasteiger partial charge in [-0.2, -0.15) is 5.26 Å². The maximum Gasteiger partial charge on any atom is 0.140 e. The molecule has 1 aromatic rings. The number of pyridine rings is 1. The van der Waals surface area contributed by atoms with E-state index in [-0.39, 0.29) is 0 Å². The Morgan fingerprint density at radius 2 is 1.88 bits per heavy atom. The highest BCUT2D eigenvalue weighted by molar-refractivity contribution is 5.31. The van der Waals surface area contributed by atoms with E-state index in [0.717, 1.165) is 17.0 Å². The molecule has 90 valence electrons. The second-order valence-corrected chi connectivity index (χ2v) is 2.47. The molecular formula is C13H22N2O. The molecule has 0 amide bonds. The SMILES string of the molecule is CC.CC.COc1cc(CC#N)cnc1C. The van der Waals surface area contributed by atoms with E-state index in [4.69, 9.17) is 10.00 Å². The maximum atomic E-state index is 8.43. The standard InChI is InChI=1S/C9H10N2O.2C2H6/c1-7-9(12-2)5-8(3-4-10)6-11-7;2*1-2/h5-6H,3H2,1-2H3;2*1-2H3. The number of ether oxygens (including phenoxy) is 1. The molecule has 0 bridgehead atoms. The number of aryl methyl sites for hydroxylation is 1. The lowest BCUT2D eigenvalue weighted by Crippen LogP contribution is -1.92. The molecule has 0 atom stereocenters. The summed E-state index contributed by atoms with van der Waals surface area (Å²) in [7, 11) is 1.60. The molecule has 16 heavy (non-hydrogen) atoms. The summed E-state index contributed by atoms with van der Waals surface area (Å²) < 4.78 is 5.06. The van der Waals surface area contributed by atoms with E-state index in [9.17, 15) is 0 Å². The summed E-state index contributed by atoms with van der Waals surface area (Å²) in [6.07, 6.45) is 2.07. The van der Waals surface area contributed by atoms with Crippen LogP contribution in [-0.4, -0.2) is 12.1 Å². The highest BCUT2D eigenvalue weighted by atomic mass is 16.5. The van der Waals surface area contributed by atoms with Crippen LogP contribution < -0.4 is 4.74 Å². The quantitative estimate of drug-likeness (QED) is 0.769. The summed E-state index contributed by atoms with van der Waals surface area (Å²) >= 11 is 0. The van der Waals surface area contributed by atoms with Crippen LogP contribution >= 0.6 is 0 Å². The maximum absolute atomic E-state index is 8.43. The summed E-state index contributed by atoms with van der Waals surface area (Å²) in [6, 6.07) is 3.90. The Morgan fingerprint density at radius 3 is 2.31 bits per heavy atom. The summed E-state index contributed by atoms with van der Waals surface area (Å²) in [5, 5.41) is 8.43. The minimum Gasteiger partial charge on any atom is -0.495 e. The number of hydrogen-bond donors (Lipinski definition) is 0. The zero-order valence-corrected chi connectivity index (χ0v) is 11.2. The molecule has 0 aliphatic rings. The largest absolute Gasteiger partial charge is 0.495 e. The molecule has 0 unspecified atom stereocenters. The zero-order valence-electron chi connectivity index (χ0n) is 11.2. The van der Waals surface area contributed by atoms with Crippen LogP contribution in [0.15, 0.2) is 12.3 Å². The first-order chi connectivity index (χ1) is 7.77. The normalized spacial score (nSPS) is 7.56. The monoisotopic (exact) mass is 222 g/mol. The van der Waals surface area contributed by atoms with Crippen molar-refractivity contribution in [2.24, 2.45) is 0 Å². The van der Waals surface area contributed by atoms with E-state index in [1.807, 2.05) is 40.7 Å². The van der Waals surface area contributed by atoms with Gasteiger partial charge in [0.1, 0.15) is 5.75 Å². The molecule has 0 saturated heterocycles. The van der Waals surface area contributed by atoms with Crippen LogP contribution in [0.25, 0.3) is 0 Å². The van der Waals surface area contributed by atoms with Crippen LogP contribution in [-0.2, 0) is 6.42 Å². The number of methoxy groups -OCH3 is 1. The predicted molar refractivity (Wildman–Crippen MR) is 67.5 cm³/mol. The zero-order chi connectivity index (χ0) is 13.0. The Bertz CT molecular complexity index is 316. The van der Waals surface area contributed by atoms with Crippen molar-refractivity contribution in [2.75, 3.05) is 7.11 Å². The molecule has 0 radical (unpaired) electrons. The van der Waals surface area contributed by atoms with Gasteiger partial charge in [-0.15, -0.1) is 0 Å². The van der Waals surface area contributed by atoms with Gasteiger partial charge >= 0.3 is 0 Å². The van der Waals surface area contributed by atoms with Crippen molar-refractivity contribution in [3.05, 3.63) is 23.5 Å². The van der Waals surface area contributed by atoms with Crippen molar-refractivity contribution >= 4 is 0 Å². The van der Waals surface area contributed by atoms with Crippen LogP contribution in [0.3, 0.4) is 0 Å². The van der Waals surface area contributed by atoms with E-state index < -0.39 is 0 Å².